The van der Waals surface area contributed by atoms with Crippen LogP contribution in [0.1, 0.15) is 27.0 Å². The van der Waals surface area contributed by atoms with Crippen LogP contribution in [0.3, 0.4) is 0 Å². The minimum absolute atomic E-state index is 0.0416. The van der Waals surface area contributed by atoms with Gasteiger partial charge in [-0.15, -0.1) is 0 Å². The van der Waals surface area contributed by atoms with E-state index >= 15 is 0 Å². The van der Waals surface area contributed by atoms with Crippen LogP contribution in [-0.2, 0) is 16.6 Å². The van der Waals surface area contributed by atoms with Crippen molar-refractivity contribution in [3.05, 3.63) is 58.7 Å². The summed E-state index contributed by atoms with van der Waals surface area (Å²) in [4.78, 5) is 14.7. The molecule has 0 saturated heterocycles. The third-order valence-corrected chi connectivity index (χ3v) is 5.58. The van der Waals surface area contributed by atoms with Crippen LogP contribution in [0.25, 0.3) is 0 Å². The first-order valence-electron chi connectivity index (χ1n) is 7.04. The monoisotopic (exact) mass is 352 g/mol. The molecule has 0 atom stereocenters. The van der Waals surface area contributed by atoms with Crippen molar-refractivity contribution < 1.29 is 22.7 Å². The number of carbonyl (C=O) groups is 1. The second-order valence-corrected chi connectivity index (χ2v) is 7.49. The first kappa shape index (κ1) is 18.0. The molecular formula is C16H17FN2O4S. The van der Waals surface area contributed by atoms with Crippen molar-refractivity contribution in [3.63, 3.8) is 0 Å². The zero-order valence-corrected chi connectivity index (χ0v) is 14.3. The molecule has 0 amide bonds. The number of aromatic nitrogens is 1. The Morgan fingerprint density at radius 2 is 2.00 bits per heavy atom. The molecule has 0 aliphatic heterocycles. The predicted molar refractivity (Wildman–Crippen MR) is 85.7 cm³/mol. The smallest absolute Gasteiger partial charge is 0.336 e. The van der Waals surface area contributed by atoms with E-state index in [0.717, 1.165) is 22.0 Å². The standard InChI is InChI=1S/C16H17FN2O4S/c1-10-4-5-18-8-12(10)9-19(3)24(22,23)13-6-14(16(20)21)11(2)15(17)7-13/h4-8H,9H2,1-3H3,(H,20,21). The van der Waals surface area contributed by atoms with E-state index in [1.165, 1.54) is 14.0 Å². The molecule has 24 heavy (non-hydrogen) atoms. The number of benzene rings is 1. The molecule has 0 unspecified atom stereocenters. The van der Waals surface area contributed by atoms with E-state index in [-0.39, 0.29) is 17.7 Å². The fraction of sp³-hybridized carbons (Fsp3) is 0.250. The summed E-state index contributed by atoms with van der Waals surface area (Å²) in [5.41, 5.74) is 1.09. The molecule has 0 radical (unpaired) electrons. The van der Waals surface area contributed by atoms with E-state index in [1.807, 2.05) is 6.92 Å². The van der Waals surface area contributed by atoms with Crippen molar-refractivity contribution in [3.8, 4) is 0 Å². The Morgan fingerprint density at radius 1 is 1.33 bits per heavy atom. The number of rotatable bonds is 5. The zero-order chi connectivity index (χ0) is 18.1. The Hall–Kier alpha value is -2.32. The predicted octanol–water partition coefficient (Wildman–Crippen LogP) is 2.36. The third kappa shape index (κ3) is 3.44. The number of hydrogen-bond acceptors (Lipinski definition) is 4. The average Bonchev–Trinajstić information content (AvgIpc) is 2.51. The minimum Gasteiger partial charge on any atom is -0.478 e. The van der Waals surface area contributed by atoms with Gasteiger partial charge >= 0.3 is 5.97 Å². The number of sulfonamides is 1. The first-order valence-corrected chi connectivity index (χ1v) is 8.48. The maximum Gasteiger partial charge on any atom is 0.336 e. The average molecular weight is 352 g/mol. The molecule has 0 saturated carbocycles. The van der Waals surface area contributed by atoms with Gasteiger partial charge in [0.2, 0.25) is 10.0 Å². The van der Waals surface area contributed by atoms with Gasteiger partial charge in [-0.25, -0.2) is 17.6 Å². The quantitative estimate of drug-likeness (QED) is 0.892. The molecule has 2 aromatic rings. The Bertz CT molecular complexity index is 897. The summed E-state index contributed by atoms with van der Waals surface area (Å²) in [6.45, 7) is 3.16. The van der Waals surface area contributed by atoms with Crippen molar-refractivity contribution in [1.82, 2.24) is 9.29 Å². The summed E-state index contributed by atoms with van der Waals surface area (Å²) in [5, 5.41) is 9.11. The van der Waals surface area contributed by atoms with Crippen LogP contribution >= 0.6 is 0 Å². The molecular weight excluding hydrogens is 335 g/mol. The van der Waals surface area contributed by atoms with Crippen LogP contribution in [0.15, 0.2) is 35.5 Å². The largest absolute Gasteiger partial charge is 0.478 e. The van der Waals surface area contributed by atoms with Crippen LogP contribution in [0, 0.1) is 19.7 Å². The van der Waals surface area contributed by atoms with E-state index in [9.17, 15) is 17.6 Å². The number of hydrogen-bond donors (Lipinski definition) is 1. The third-order valence-electron chi connectivity index (χ3n) is 3.80. The second kappa shape index (κ2) is 6.66. The second-order valence-electron chi connectivity index (χ2n) is 5.45. The first-order chi connectivity index (χ1) is 11.1. The Labute approximate surface area is 139 Å². The van der Waals surface area contributed by atoms with E-state index in [0.29, 0.717) is 5.56 Å². The van der Waals surface area contributed by atoms with Crippen LogP contribution in [-0.4, -0.2) is 35.8 Å². The fourth-order valence-electron chi connectivity index (χ4n) is 2.19. The van der Waals surface area contributed by atoms with Gasteiger partial charge in [-0.2, -0.15) is 4.31 Å². The topological polar surface area (TPSA) is 87.6 Å². The lowest BCUT2D eigenvalue weighted by Gasteiger charge is -2.19. The Balaban J connectivity index is 2.43. The van der Waals surface area contributed by atoms with Gasteiger partial charge in [0, 0.05) is 26.0 Å². The number of carboxylic acid groups (broad SMARTS) is 1. The van der Waals surface area contributed by atoms with E-state index in [1.54, 1.807) is 18.5 Å². The summed E-state index contributed by atoms with van der Waals surface area (Å²) in [6.07, 6.45) is 3.15. The lowest BCUT2D eigenvalue weighted by atomic mass is 10.1. The van der Waals surface area contributed by atoms with Gasteiger partial charge in [0.25, 0.3) is 0 Å². The number of pyridine rings is 1. The lowest BCUT2D eigenvalue weighted by Crippen LogP contribution is -2.27. The minimum atomic E-state index is -4.05. The molecule has 1 heterocycles. The lowest BCUT2D eigenvalue weighted by molar-refractivity contribution is 0.0695. The molecule has 8 heteroatoms. The van der Waals surface area contributed by atoms with Crippen molar-refractivity contribution in [2.75, 3.05) is 7.05 Å². The fourth-order valence-corrected chi connectivity index (χ4v) is 3.38. The summed E-state index contributed by atoms with van der Waals surface area (Å²) in [7, 11) is -2.70. The van der Waals surface area contributed by atoms with Gasteiger partial charge in [-0.1, -0.05) is 0 Å². The molecule has 1 N–H and O–H groups in total. The van der Waals surface area contributed by atoms with E-state index < -0.39 is 26.7 Å². The van der Waals surface area contributed by atoms with Crippen LogP contribution in [0.4, 0.5) is 4.39 Å². The van der Waals surface area contributed by atoms with Crippen molar-refractivity contribution in [2.45, 2.75) is 25.3 Å². The zero-order valence-electron chi connectivity index (χ0n) is 13.4. The number of aryl methyl sites for hydroxylation is 1. The Kier molecular flexibility index (Phi) is 5.00. The molecule has 1 aromatic carbocycles. The number of aromatic carboxylic acids is 1. The molecule has 0 bridgehead atoms. The highest BCUT2D eigenvalue weighted by molar-refractivity contribution is 7.89. The van der Waals surface area contributed by atoms with Crippen molar-refractivity contribution in [1.29, 1.82) is 0 Å². The molecule has 128 valence electrons. The van der Waals surface area contributed by atoms with Crippen molar-refractivity contribution in [2.24, 2.45) is 0 Å². The molecule has 0 aliphatic carbocycles. The Morgan fingerprint density at radius 3 is 2.58 bits per heavy atom. The highest BCUT2D eigenvalue weighted by Gasteiger charge is 2.25. The van der Waals surface area contributed by atoms with Gasteiger partial charge in [-0.3, -0.25) is 4.98 Å². The summed E-state index contributed by atoms with van der Waals surface area (Å²) >= 11 is 0. The van der Waals surface area contributed by atoms with Crippen LogP contribution < -0.4 is 0 Å². The molecule has 2 rings (SSSR count). The molecule has 1 aromatic heterocycles. The maximum absolute atomic E-state index is 13.9. The van der Waals surface area contributed by atoms with Gasteiger partial charge in [0.15, 0.2) is 0 Å². The van der Waals surface area contributed by atoms with Crippen LogP contribution in [0.5, 0.6) is 0 Å². The number of nitrogens with zero attached hydrogens (tertiary/aromatic N) is 2. The molecule has 0 fully saturated rings. The summed E-state index contributed by atoms with van der Waals surface area (Å²) in [6, 6.07) is 3.57. The number of halogens is 1. The number of carboxylic acids is 1. The van der Waals surface area contributed by atoms with Gasteiger partial charge in [0.1, 0.15) is 5.82 Å². The van der Waals surface area contributed by atoms with Gasteiger partial charge in [0.05, 0.1) is 10.5 Å². The normalized spacial score (nSPS) is 11.7. The summed E-state index contributed by atoms with van der Waals surface area (Å²) in [5.74, 6) is -2.26. The summed E-state index contributed by atoms with van der Waals surface area (Å²) < 4.78 is 40.2. The molecule has 0 spiro atoms. The van der Waals surface area contributed by atoms with Crippen LogP contribution in [0.2, 0.25) is 0 Å². The molecule has 6 nitrogen and oxygen atoms in total. The van der Waals surface area contributed by atoms with Gasteiger partial charge in [-0.05, 0) is 48.7 Å². The maximum atomic E-state index is 13.9. The molecule has 0 aliphatic rings. The SMILES string of the molecule is Cc1ccncc1CN(C)S(=O)(=O)c1cc(F)c(C)c(C(=O)O)c1. The highest BCUT2D eigenvalue weighted by atomic mass is 32.2. The van der Waals surface area contributed by atoms with E-state index in [2.05, 4.69) is 4.98 Å². The van der Waals surface area contributed by atoms with E-state index in [4.69, 9.17) is 5.11 Å². The van der Waals surface area contributed by atoms with Crippen molar-refractivity contribution >= 4 is 16.0 Å². The van der Waals surface area contributed by atoms with Gasteiger partial charge < -0.3 is 5.11 Å². The highest BCUT2D eigenvalue weighted by Crippen LogP contribution is 2.23.